The lowest BCUT2D eigenvalue weighted by Gasteiger charge is -2.18. The Morgan fingerprint density at radius 3 is 2.52 bits per heavy atom. The lowest BCUT2D eigenvalue weighted by molar-refractivity contribution is -0.156. The van der Waals surface area contributed by atoms with Crippen LogP contribution in [0.5, 0.6) is 0 Å². The zero-order valence-corrected chi connectivity index (χ0v) is 15.3. The maximum atomic E-state index is 13.2. The average molecular weight is 391 g/mol. The molecule has 7 heteroatoms. The topological polar surface area (TPSA) is 55.4 Å². The fraction of sp³-hybridized carbons (Fsp3) is 0.300. The van der Waals surface area contributed by atoms with Crippen LogP contribution in [0.15, 0.2) is 53.4 Å². The predicted molar refractivity (Wildman–Crippen MR) is 98.1 cm³/mol. The van der Waals surface area contributed by atoms with Crippen LogP contribution in [-0.4, -0.2) is 23.7 Å². The number of halogens is 2. The van der Waals surface area contributed by atoms with Crippen molar-refractivity contribution in [2.75, 3.05) is 5.75 Å². The van der Waals surface area contributed by atoms with Crippen molar-refractivity contribution in [2.45, 2.75) is 36.3 Å². The Morgan fingerprint density at radius 2 is 1.85 bits per heavy atom. The second-order valence-corrected chi connectivity index (χ2v) is 7.41. The summed E-state index contributed by atoms with van der Waals surface area (Å²) in [4.78, 5) is 25.1. The Balaban J connectivity index is 1.55. The highest BCUT2D eigenvalue weighted by atomic mass is 32.2. The van der Waals surface area contributed by atoms with Gasteiger partial charge in [0.05, 0.1) is 6.42 Å². The van der Waals surface area contributed by atoms with E-state index in [1.165, 1.54) is 17.8 Å². The molecule has 1 atom stereocenters. The van der Waals surface area contributed by atoms with E-state index in [-0.39, 0.29) is 18.4 Å². The number of hydrogen-bond acceptors (Lipinski definition) is 4. The van der Waals surface area contributed by atoms with Gasteiger partial charge in [0.2, 0.25) is 6.10 Å². The molecule has 1 amide bonds. The third kappa shape index (κ3) is 5.79. The van der Waals surface area contributed by atoms with Gasteiger partial charge in [0.15, 0.2) is 11.6 Å². The predicted octanol–water partition coefficient (Wildman–Crippen LogP) is 4.01. The largest absolute Gasteiger partial charge is 0.447 e. The molecule has 2 aromatic rings. The first-order valence-electron chi connectivity index (χ1n) is 8.65. The molecular formula is C20H19F2NO3S. The molecule has 1 N–H and O–H groups in total. The van der Waals surface area contributed by atoms with E-state index in [1.54, 1.807) is 24.3 Å². The second-order valence-electron chi connectivity index (χ2n) is 6.24. The molecule has 0 radical (unpaired) electrons. The van der Waals surface area contributed by atoms with Gasteiger partial charge >= 0.3 is 5.97 Å². The van der Waals surface area contributed by atoms with Crippen molar-refractivity contribution in [1.29, 1.82) is 0 Å². The zero-order valence-electron chi connectivity index (χ0n) is 14.5. The number of rotatable bonds is 8. The summed E-state index contributed by atoms with van der Waals surface area (Å²) in [6.45, 7) is 0. The van der Waals surface area contributed by atoms with Crippen molar-refractivity contribution in [3.8, 4) is 0 Å². The molecule has 142 valence electrons. The lowest BCUT2D eigenvalue weighted by Crippen LogP contribution is -2.33. The van der Waals surface area contributed by atoms with Crippen molar-refractivity contribution in [3.05, 3.63) is 65.7 Å². The van der Waals surface area contributed by atoms with E-state index in [1.807, 2.05) is 6.07 Å². The molecule has 1 aliphatic carbocycles. The number of carbonyl (C=O) groups excluding carboxylic acids is 2. The summed E-state index contributed by atoms with van der Waals surface area (Å²) in [7, 11) is 0. The second kappa shape index (κ2) is 8.99. The summed E-state index contributed by atoms with van der Waals surface area (Å²) >= 11 is 1.22. The number of esters is 1. The molecule has 1 saturated carbocycles. The molecule has 3 rings (SSSR count). The fourth-order valence-corrected chi connectivity index (χ4v) is 3.27. The van der Waals surface area contributed by atoms with E-state index in [2.05, 4.69) is 5.32 Å². The monoisotopic (exact) mass is 391 g/mol. The maximum absolute atomic E-state index is 13.2. The number of ether oxygens (including phenoxy) is 1. The zero-order chi connectivity index (χ0) is 19.2. The third-order valence-corrected chi connectivity index (χ3v) is 4.97. The molecule has 1 fully saturated rings. The van der Waals surface area contributed by atoms with E-state index < -0.39 is 23.7 Å². The summed E-state index contributed by atoms with van der Waals surface area (Å²) < 4.78 is 31.5. The minimum Gasteiger partial charge on any atom is -0.447 e. The molecule has 0 aromatic heterocycles. The van der Waals surface area contributed by atoms with Gasteiger partial charge in [-0.15, -0.1) is 11.8 Å². The van der Waals surface area contributed by atoms with Crippen molar-refractivity contribution in [1.82, 2.24) is 5.32 Å². The van der Waals surface area contributed by atoms with E-state index in [4.69, 9.17) is 4.74 Å². The molecule has 27 heavy (non-hydrogen) atoms. The molecular weight excluding hydrogens is 372 g/mol. The Bertz CT molecular complexity index is 812. The number of benzene rings is 2. The minimum absolute atomic E-state index is 0.0453. The van der Waals surface area contributed by atoms with Crippen LogP contribution in [0.25, 0.3) is 0 Å². The first kappa shape index (κ1) is 19.4. The summed E-state index contributed by atoms with van der Waals surface area (Å²) in [6.07, 6.45) is 0.925. The lowest BCUT2D eigenvalue weighted by atomic mass is 10.1. The van der Waals surface area contributed by atoms with Gasteiger partial charge in [-0.05, 0) is 31.0 Å². The Kier molecular flexibility index (Phi) is 6.45. The van der Waals surface area contributed by atoms with Crippen LogP contribution in [0, 0.1) is 11.6 Å². The average Bonchev–Trinajstić information content (AvgIpc) is 3.47. The van der Waals surface area contributed by atoms with Gasteiger partial charge in [-0.3, -0.25) is 9.59 Å². The van der Waals surface area contributed by atoms with E-state index >= 15 is 0 Å². The van der Waals surface area contributed by atoms with Gasteiger partial charge in [-0.1, -0.05) is 30.3 Å². The summed E-state index contributed by atoms with van der Waals surface area (Å²) in [5.74, 6) is -2.36. The Morgan fingerprint density at radius 1 is 1.11 bits per heavy atom. The Labute approximate surface area is 160 Å². The van der Waals surface area contributed by atoms with Crippen molar-refractivity contribution in [3.63, 3.8) is 0 Å². The van der Waals surface area contributed by atoms with Crippen LogP contribution >= 0.6 is 11.8 Å². The molecule has 0 aliphatic heterocycles. The highest BCUT2D eigenvalue weighted by Gasteiger charge is 2.30. The quantitative estimate of drug-likeness (QED) is 0.546. The molecule has 4 nitrogen and oxygen atoms in total. The fourth-order valence-electron chi connectivity index (χ4n) is 2.41. The minimum atomic E-state index is -0.993. The van der Waals surface area contributed by atoms with Crippen LogP contribution < -0.4 is 5.32 Å². The van der Waals surface area contributed by atoms with Crippen LogP contribution in [0.3, 0.4) is 0 Å². The van der Waals surface area contributed by atoms with Gasteiger partial charge in [0, 0.05) is 22.3 Å². The van der Waals surface area contributed by atoms with Gasteiger partial charge in [-0.25, -0.2) is 8.78 Å². The molecule has 0 spiro atoms. The van der Waals surface area contributed by atoms with Gasteiger partial charge < -0.3 is 10.1 Å². The number of amides is 1. The Hall–Kier alpha value is -2.41. The van der Waals surface area contributed by atoms with Crippen LogP contribution in [0.2, 0.25) is 0 Å². The third-order valence-electron chi connectivity index (χ3n) is 3.98. The normalized spacial score (nSPS) is 14.4. The maximum Gasteiger partial charge on any atom is 0.307 e. The van der Waals surface area contributed by atoms with Crippen molar-refractivity contribution in [2.24, 2.45) is 0 Å². The molecule has 1 aliphatic rings. The highest BCUT2D eigenvalue weighted by molar-refractivity contribution is 7.99. The van der Waals surface area contributed by atoms with Crippen molar-refractivity contribution < 1.29 is 23.1 Å². The summed E-state index contributed by atoms with van der Waals surface area (Å²) in [6, 6.07) is 12.6. The standard InChI is InChI=1S/C20H19F2NO3S/c21-16-9-8-15(12-17(16)22)27-11-10-18(24)26-19(13-4-2-1-3-5-13)20(25)23-14-6-7-14/h1-5,8-9,12,14,19H,6-7,10-11H2,(H,23,25)/t19-/m0/s1. The van der Waals surface area contributed by atoms with Gasteiger partial charge in [-0.2, -0.15) is 0 Å². The SMILES string of the molecule is O=C(CCSc1ccc(F)c(F)c1)O[C@H](C(=O)NC1CC1)c1ccccc1. The van der Waals surface area contributed by atoms with E-state index in [0.717, 1.165) is 25.0 Å². The van der Waals surface area contributed by atoms with Crippen molar-refractivity contribution >= 4 is 23.6 Å². The number of thioether (sulfide) groups is 1. The molecule has 0 heterocycles. The smallest absolute Gasteiger partial charge is 0.307 e. The molecule has 0 bridgehead atoms. The summed E-state index contributed by atoms with van der Waals surface area (Å²) in [5.41, 5.74) is 0.609. The number of nitrogens with one attached hydrogen (secondary N) is 1. The van der Waals surface area contributed by atoms with E-state index in [9.17, 15) is 18.4 Å². The molecule has 0 unspecified atom stereocenters. The number of hydrogen-bond donors (Lipinski definition) is 1. The van der Waals surface area contributed by atoms with Crippen LogP contribution in [0.4, 0.5) is 8.78 Å². The highest BCUT2D eigenvalue weighted by Crippen LogP contribution is 2.25. The number of carbonyl (C=O) groups is 2. The van der Waals surface area contributed by atoms with Gasteiger partial charge in [0.25, 0.3) is 5.91 Å². The first-order valence-corrected chi connectivity index (χ1v) is 9.64. The first-order chi connectivity index (χ1) is 13.0. The van der Waals surface area contributed by atoms with E-state index in [0.29, 0.717) is 16.2 Å². The molecule has 0 saturated heterocycles. The molecule has 2 aromatic carbocycles. The summed E-state index contributed by atoms with van der Waals surface area (Å²) in [5, 5.41) is 2.85. The van der Waals surface area contributed by atoms with Crippen LogP contribution in [-0.2, 0) is 14.3 Å². The van der Waals surface area contributed by atoms with Crippen LogP contribution in [0.1, 0.15) is 30.9 Å². The van der Waals surface area contributed by atoms with Gasteiger partial charge in [0.1, 0.15) is 0 Å².